The first kappa shape index (κ1) is 23.6. The molecule has 0 saturated carbocycles. The minimum absolute atomic E-state index is 0.144. The van der Waals surface area contributed by atoms with Gasteiger partial charge in [0.05, 0.1) is 23.5 Å². The normalized spacial score (nSPS) is 17.2. The highest BCUT2D eigenvalue weighted by molar-refractivity contribution is 7.80. The average molecular weight is 504 g/mol. The van der Waals surface area contributed by atoms with Gasteiger partial charge in [0, 0.05) is 36.7 Å². The van der Waals surface area contributed by atoms with Crippen molar-refractivity contribution in [1.82, 2.24) is 19.8 Å². The van der Waals surface area contributed by atoms with Gasteiger partial charge in [-0.05, 0) is 72.9 Å². The number of carbonyl (C=O) groups is 1. The number of hydrogen-bond acceptors (Lipinski definition) is 3. The molecule has 9 heteroatoms. The molecule has 1 saturated heterocycles. The van der Waals surface area contributed by atoms with Crippen molar-refractivity contribution < 1.29 is 13.6 Å². The first-order valence-corrected chi connectivity index (χ1v) is 11.9. The van der Waals surface area contributed by atoms with Gasteiger partial charge in [-0.25, -0.2) is 8.78 Å². The van der Waals surface area contributed by atoms with Crippen LogP contribution in [0.5, 0.6) is 0 Å². The van der Waals surface area contributed by atoms with Crippen LogP contribution < -0.4 is 10.6 Å². The van der Waals surface area contributed by atoms with Gasteiger partial charge in [0.15, 0.2) is 5.11 Å². The van der Waals surface area contributed by atoms with Crippen molar-refractivity contribution >= 4 is 28.9 Å². The molecule has 0 radical (unpaired) electrons. The van der Waals surface area contributed by atoms with Gasteiger partial charge in [-0.15, -0.1) is 0 Å². The van der Waals surface area contributed by atoms with E-state index in [0.717, 1.165) is 11.4 Å². The van der Waals surface area contributed by atoms with Gasteiger partial charge in [-0.3, -0.25) is 9.78 Å². The number of para-hydroxylation sites is 1. The van der Waals surface area contributed by atoms with E-state index in [1.54, 1.807) is 29.0 Å². The predicted molar refractivity (Wildman–Crippen MR) is 138 cm³/mol. The van der Waals surface area contributed by atoms with Crippen molar-refractivity contribution in [2.45, 2.75) is 18.5 Å². The number of benzene rings is 2. The van der Waals surface area contributed by atoms with Crippen molar-refractivity contribution in [2.75, 3.05) is 11.9 Å². The van der Waals surface area contributed by atoms with Crippen molar-refractivity contribution in [3.63, 3.8) is 0 Å². The molecule has 0 spiro atoms. The lowest BCUT2D eigenvalue weighted by molar-refractivity contribution is -0.116. The Balaban J connectivity index is 1.44. The van der Waals surface area contributed by atoms with Gasteiger partial charge < -0.3 is 20.1 Å². The zero-order chi connectivity index (χ0) is 25.1. The summed E-state index contributed by atoms with van der Waals surface area (Å²) in [5.41, 5.74) is 2.52. The van der Waals surface area contributed by atoms with Crippen LogP contribution in [0.4, 0.5) is 14.5 Å². The first-order valence-electron chi connectivity index (χ1n) is 11.5. The fraction of sp³-hybridized carbons (Fsp3) is 0.148. The van der Waals surface area contributed by atoms with E-state index in [1.807, 2.05) is 41.4 Å². The summed E-state index contributed by atoms with van der Waals surface area (Å²) in [6.07, 6.45) is 3.67. The number of nitrogens with one attached hydrogen (secondary N) is 2. The van der Waals surface area contributed by atoms with Gasteiger partial charge >= 0.3 is 0 Å². The van der Waals surface area contributed by atoms with Crippen molar-refractivity contribution in [2.24, 2.45) is 0 Å². The average Bonchev–Trinajstić information content (AvgIpc) is 3.49. The molecule has 1 aliphatic heterocycles. The molecule has 6 nitrogen and oxygen atoms in total. The quantitative estimate of drug-likeness (QED) is 0.342. The fourth-order valence-electron chi connectivity index (χ4n) is 4.45. The zero-order valence-corrected chi connectivity index (χ0v) is 20.0. The second-order valence-electron chi connectivity index (χ2n) is 8.38. The smallest absolute Gasteiger partial charge is 0.226 e. The Morgan fingerprint density at radius 2 is 1.78 bits per heavy atom. The van der Waals surface area contributed by atoms with E-state index < -0.39 is 0 Å². The summed E-state index contributed by atoms with van der Waals surface area (Å²) in [4.78, 5) is 19.1. The molecule has 1 amide bonds. The molecular weight excluding hydrogens is 480 g/mol. The van der Waals surface area contributed by atoms with Crippen LogP contribution in [0.1, 0.15) is 29.9 Å². The number of nitrogens with zero attached hydrogens (tertiary/aromatic N) is 3. The van der Waals surface area contributed by atoms with Crippen LogP contribution in [0.25, 0.3) is 5.69 Å². The molecule has 5 rings (SSSR count). The number of aromatic nitrogens is 2. The molecule has 0 unspecified atom stereocenters. The Hall–Kier alpha value is -4.11. The largest absolute Gasteiger partial charge is 0.352 e. The molecular formula is C27H23F2N5OS. The minimum atomic E-state index is -0.372. The number of pyridine rings is 1. The molecule has 2 N–H and O–H groups in total. The molecule has 2 aromatic heterocycles. The maximum absolute atomic E-state index is 14.7. The maximum atomic E-state index is 14.7. The Kier molecular flexibility index (Phi) is 6.73. The lowest BCUT2D eigenvalue weighted by Gasteiger charge is -2.29. The van der Waals surface area contributed by atoms with E-state index in [-0.39, 0.29) is 36.0 Å². The summed E-state index contributed by atoms with van der Waals surface area (Å²) >= 11 is 5.68. The Morgan fingerprint density at radius 3 is 2.53 bits per heavy atom. The molecule has 0 aliphatic carbocycles. The number of anilines is 1. The number of hydrogen-bond donors (Lipinski definition) is 2. The van der Waals surface area contributed by atoms with Gasteiger partial charge in [-0.2, -0.15) is 0 Å². The number of carbonyl (C=O) groups excluding carboxylic acids is 1. The zero-order valence-electron chi connectivity index (χ0n) is 19.1. The summed E-state index contributed by atoms with van der Waals surface area (Å²) in [5.74, 6) is -0.945. The van der Waals surface area contributed by atoms with Crippen LogP contribution in [0, 0.1) is 11.6 Å². The van der Waals surface area contributed by atoms with E-state index in [4.69, 9.17) is 12.2 Å². The van der Waals surface area contributed by atoms with Crippen LogP contribution in [-0.4, -0.2) is 32.0 Å². The summed E-state index contributed by atoms with van der Waals surface area (Å²) in [5, 5.41) is 6.61. The number of thiocarbonyl (C=S) groups is 1. The second kappa shape index (κ2) is 10.2. The molecule has 1 aliphatic rings. The van der Waals surface area contributed by atoms with Crippen LogP contribution in [0.15, 0.2) is 91.3 Å². The first-order chi connectivity index (χ1) is 17.5. The third-order valence-corrected chi connectivity index (χ3v) is 6.45. The van der Waals surface area contributed by atoms with E-state index >= 15 is 0 Å². The van der Waals surface area contributed by atoms with Crippen molar-refractivity contribution in [1.29, 1.82) is 0 Å². The summed E-state index contributed by atoms with van der Waals surface area (Å²) < 4.78 is 29.7. The highest BCUT2D eigenvalue weighted by Gasteiger charge is 2.41. The van der Waals surface area contributed by atoms with Gasteiger partial charge in [-0.1, -0.05) is 18.2 Å². The lowest BCUT2D eigenvalue weighted by atomic mass is 10.0. The topological polar surface area (TPSA) is 62.2 Å². The predicted octanol–water partition coefficient (Wildman–Crippen LogP) is 5.15. The van der Waals surface area contributed by atoms with Crippen LogP contribution in [0.3, 0.4) is 0 Å². The fourth-order valence-corrected chi connectivity index (χ4v) is 4.78. The van der Waals surface area contributed by atoms with Gasteiger partial charge in [0.1, 0.15) is 11.6 Å². The number of halogens is 2. The molecule has 182 valence electrons. The summed E-state index contributed by atoms with van der Waals surface area (Å²) in [6, 6.07) is 21.0. The molecule has 0 bridgehead atoms. The van der Waals surface area contributed by atoms with Crippen LogP contribution in [-0.2, 0) is 4.79 Å². The van der Waals surface area contributed by atoms with Crippen LogP contribution >= 0.6 is 12.2 Å². The SMILES string of the molecule is O=C(CCN1C(=S)N[C@@H](c2ccccn2)[C@@H]1c1cccn1-c1ccccc1F)Nc1ccc(F)cc1. The molecule has 2 atom stereocenters. The Morgan fingerprint density at radius 1 is 1.00 bits per heavy atom. The molecule has 2 aromatic carbocycles. The van der Waals surface area contributed by atoms with Gasteiger partial charge in [0.2, 0.25) is 5.91 Å². The number of rotatable bonds is 7. The molecule has 1 fully saturated rings. The van der Waals surface area contributed by atoms with Crippen LogP contribution in [0.2, 0.25) is 0 Å². The highest BCUT2D eigenvalue weighted by atomic mass is 32.1. The summed E-state index contributed by atoms with van der Waals surface area (Å²) in [6.45, 7) is 0.315. The van der Waals surface area contributed by atoms with Crippen molar-refractivity contribution in [3.05, 3.63) is 114 Å². The van der Waals surface area contributed by atoms with E-state index in [2.05, 4.69) is 15.6 Å². The standard InChI is InChI=1S/C27H23F2N5OS/c28-18-10-12-19(13-11-18)31-24(35)14-17-34-26(25(32-27(34)36)21-7-3-4-15-30-21)23-9-5-16-33(23)22-8-2-1-6-20(22)29/h1-13,15-16,25-26H,14,17H2,(H,31,35)(H,32,36)/t25-,26-/m0/s1. The van der Waals surface area contributed by atoms with Gasteiger partial charge in [0.25, 0.3) is 0 Å². The summed E-state index contributed by atoms with van der Waals surface area (Å²) in [7, 11) is 0. The molecule has 4 aromatic rings. The van der Waals surface area contributed by atoms with E-state index in [9.17, 15) is 13.6 Å². The highest BCUT2D eigenvalue weighted by Crippen LogP contribution is 2.39. The maximum Gasteiger partial charge on any atom is 0.226 e. The second-order valence-corrected chi connectivity index (χ2v) is 8.77. The third kappa shape index (κ3) is 4.83. The van der Waals surface area contributed by atoms with E-state index in [1.165, 1.54) is 30.3 Å². The minimum Gasteiger partial charge on any atom is -0.352 e. The lowest BCUT2D eigenvalue weighted by Crippen LogP contribution is -2.33. The molecule has 36 heavy (non-hydrogen) atoms. The number of amides is 1. The Bertz CT molecular complexity index is 1380. The molecule has 3 heterocycles. The Labute approximate surface area is 212 Å². The third-order valence-electron chi connectivity index (χ3n) is 6.10. The van der Waals surface area contributed by atoms with E-state index in [0.29, 0.717) is 23.0 Å². The monoisotopic (exact) mass is 503 g/mol. The van der Waals surface area contributed by atoms with Crippen molar-refractivity contribution in [3.8, 4) is 5.69 Å².